The molecule has 0 N–H and O–H groups in total. The summed E-state index contributed by atoms with van der Waals surface area (Å²) in [4.78, 5) is 13.0. The number of nitro benzene ring substituents is 1. The van der Waals surface area contributed by atoms with E-state index in [0.29, 0.717) is 31.9 Å². The molecule has 1 aromatic carbocycles. The van der Waals surface area contributed by atoms with Crippen LogP contribution in [0.25, 0.3) is 0 Å². The van der Waals surface area contributed by atoms with Gasteiger partial charge < -0.3 is 9.64 Å². The number of para-hydroxylation sites is 1. The summed E-state index contributed by atoms with van der Waals surface area (Å²) in [7, 11) is 0. The molecule has 1 aliphatic heterocycles. The Morgan fingerprint density at radius 3 is 3.05 bits per heavy atom. The van der Waals surface area contributed by atoms with Crippen LogP contribution in [0.2, 0.25) is 0 Å². The molecule has 22 heavy (non-hydrogen) atoms. The molecule has 3 rings (SSSR count). The molecule has 1 aliphatic rings. The zero-order valence-corrected chi connectivity index (χ0v) is 12.4. The molecule has 2 heterocycles. The Morgan fingerprint density at radius 2 is 2.32 bits per heavy atom. The van der Waals surface area contributed by atoms with Gasteiger partial charge in [0.05, 0.1) is 24.2 Å². The van der Waals surface area contributed by atoms with E-state index in [-0.39, 0.29) is 16.7 Å². The summed E-state index contributed by atoms with van der Waals surface area (Å²) in [6, 6.07) is 7.05. The summed E-state index contributed by atoms with van der Waals surface area (Å²) in [5.41, 5.74) is 1.76. The molecule has 7 nitrogen and oxygen atoms in total. The predicted molar refractivity (Wildman–Crippen MR) is 82.0 cm³/mol. The maximum absolute atomic E-state index is 11.3. The number of rotatable bonds is 4. The highest BCUT2D eigenvalue weighted by atomic mass is 16.6. The number of aromatic nitrogens is 2. The number of benzene rings is 1. The van der Waals surface area contributed by atoms with E-state index in [1.807, 2.05) is 34.8 Å². The third kappa shape index (κ3) is 2.94. The number of ether oxygens (including phenoxy) is 1. The van der Waals surface area contributed by atoms with Crippen molar-refractivity contribution in [3.05, 3.63) is 52.3 Å². The monoisotopic (exact) mass is 302 g/mol. The molecule has 116 valence electrons. The van der Waals surface area contributed by atoms with E-state index in [2.05, 4.69) is 5.10 Å². The lowest BCUT2D eigenvalue weighted by Crippen LogP contribution is -2.44. The molecule has 2 aromatic rings. The van der Waals surface area contributed by atoms with Gasteiger partial charge in [-0.05, 0) is 18.6 Å². The molecule has 1 saturated heterocycles. The summed E-state index contributed by atoms with van der Waals surface area (Å²) in [5.74, 6) is 0. The van der Waals surface area contributed by atoms with Crippen LogP contribution in [0.15, 0.2) is 36.7 Å². The predicted octanol–water partition coefficient (Wildman–Crippen LogP) is 2.01. The number of hydrogen-bond donors (Lipinski definition) is 0. The van der Waals surface area contributed by atoms with Crippen LogP contribution in [0.3, 0.4) is 0 Å². The van der Waals surface area contributed by atoms with E-state index < -0.39 is 0 Å². The van der Waals surface area contributed by atoms with Crippen molar-refractivity contribution in [1.82, 2.24) is 9.78 Å². The number of nitro groups is 1. The summed E-state index contributed by atoms with van der Waals surface area (Å²) >= 11 is 0. The van der Waals surface area contributed by atoms with Crippen LogP contribution in [0, 0.1) is 17.0 Å². The Balaban J connectivity index is 1.81. The highest BCUT2D eigenvalue weighted by Gasteiger charge is 2.27. The molecule has 0 spiro atoms. The van der Waals surface area contributed by atoms with Gasteiger partial charge in [-0.1, -0.05) is 12.1 Å². The summed E-state index contributed by atoms with van der Waals surface area (Å²) in [6.45, 7) is 4.37. The number of anilines is 1. The Kier molecular flexibility index (Phi) is 4.06. The van der Waals surface area contributed by atoms with Crippen molar-refractivity contribution >= 4 is 11.4 Å². The van der Waals surface area contributed by atoms with E-state index in [1.54, 1.807) is 18.3 Å². The first-order valence-corrected chi connectivity index (χ1v) is 7.23. The van der Waals surface area contributed by atoms with Gasteiger partial charge in [0, 0.05) is 31.5 Å². The fourth-order valence-electron chi connectivity index (χ4n) is 2.85. The van der Waals surface area contributed by atoms with Crippen molar-refractivity contribution < 1.29 is 9.66 Å². The second kappa shape index (κ2) is 6.15. The minimum atomic E-state index is -0.319. The average molecular weight is 302 g/mol. The van der Waals surface area contributed by atoms with Crippen molar-refractivity contribution in [2.75, 3.05) is 24.6 Å². The smallest absolute Gasteiger partial charge is 0.292 e. The van der Waals surface area contributed by atoms with Crippen molar-refractivity contribution in [2.24, 2.45) is 0 Å². The largest absolute Gasteiger partial charge is 0.373 e. The lowest BCUT2D eigenvalue weighted by atomic mass is 10.1. The zero-order chi connectivity index (χ0) is 15.5. The molecule has 0 saturated carbocycles. The Hall–Kier alpha value is -2.41. The Morgan fingerprint density at radius 1 is 1.45 bits per heavy atom. The molecule has 0 bridgehead atoms. The van der Waals surface area contributed by atoms with Crippen molar-refractivity contribution in [2.45, 2.75) is 19.6 Å². The molecular weight excluding hydrogens is 284 g/mol. The van der Waals surface area contributed by atoms with Gasteiger partial charge in [-0.3, -0.25) is 14.8 Å². The van der Waals surface area contributed by atoms with Gasteiger partial charge in [0.15, 0.2) is 0 Å². The maximum atomic E-state index is 11.3. The Bertz CT molecular complexity index is 657. The molecule has 0 amide bonds. The summed E-state index contributed by atoms with van der Waals surface area (Å²) in [5, 5.41) is 15.5. The first kappa shape index (κ1) is 14.5. The second-order valence-electron chi connectivity index (χ2n) is 5.37. The third-order valence-electron chi connectivity index (χ3n) is 3.82. The van der Waals surface area contributed by atoms with Crippen LogP contribution in [-0.4, -0.2) is 40.5 Å². The summed E-state index contributed by atoms with van der Waals surface area (Å²) < 4.78 is 7.59. The van der Waals surface area contributed by atoms with Crippen molar-refractivity contribution in [1.29, 1.82) is 0 Å². The maximum Gasteiger partial charge on any atom is 0.292 e. The van der Waals surface area contributed by atoms with Crippen molar-refractivity contribution in [3.8, 4) is 0 Å². The second-order valence-corrected chi connectivity index (χ2v) is 5.37. The molecule has 0 radical (unpaired) electrons. The molecule has 0 aliphatic carbocycles. The third-order valence-corrected chi connectivity index (χ3v) is 3.82. The van der Waals surface area contributed by atoms with Crippen molar-refractivity contribution in [3.63, 3.8) is 0 Å². The number of nitrogens with zero attached hydrogens (tertiary/aromatic N) is 4. The van der Waals surface area contributed by atoms with E-state index >= 15 is 0 Å². The van der Waals surface area contributed by atoms with E-state index in [4.69, 9.17) is 4.74 Å². The van der Waals surface area contributed by atoms with Crippen LogP contribution >= 0.6 is 0 Å². The molecule has 1 fully saturated rings. The van der Waals surface area contributed by atoms with Gasteiger partial charge in [0.1, 0.15) is 5.69 Å². The number of hydrogen-bond acceptors (Lipinski definition) is 5. The number of aryl methyl sites for hydroxylation is 1. The topological polar surface area (TPSA) is 73.4 Å². The highest BCUT2D eigenvalue weighted by molar-refractivity contribution is 5.67. The average Bonchev–Trinajstić information content (AvgIpc) is 3.00. The van der Waals surface area contributed by atoms with Crippen LogP contribution < -0.4 is 4.90 Å². The first-order valence-electron chi connectivity index (χ1n) is 7.23. The standard InChI is InChI=1S/C15H18N4O3/c1-12-4-2-5-14(19(20)21)15(12)17-8-9-22-13(10-17)11-18-7-3-6-16-18/h2-7,13H,8-11H2,1H3. The highest BCUT2D eigenvalue weighted by Crippen LogP contribution is 2.32. The fourth-order valence-corrected chi connectivity index (χ4v) is 2.85. The van der Waals surface area contributed by atoms with Gasteiger partial charge in [0.2, 0.25) is 0 Å². The van der Waals surface area contributed by atoms with Crippen LogP contribution in [0.1, 0.15) is 5.56 Å². The fraction of sp³-hybridized carbons (Fsp3) is 0.400. The van der Waals surface area contributed by atoms with Gasteiger partial charge in [-0.2, -0.15) is 5.10 Å². The Labute approximate surface area is 128 Å². The molecular formula is C15H18N4O3. The van der Waals surface area contributed by atoms with E-state index in [9.17, 15) is 10.1 Å². The first-order chi connectivity index (χ1) is 10.6. The molecule has 7 heteroatoms. The van der Waals surface area contributed by atoms with Gasteiger partial charge in [-0.25, -0.2) is 0 Å². The molecule has 1 atom stereocenters. The van der Waals surface area contributed by atoms with E-state index in [1.165, 1.54) is 0 Å². The normalized spacial score (nSPS) is 18.4. The van der Waals surface area contributed by atoms with Crippen LogP contribution in [0.5, 0.6) is 0 Å². The molecule has 1 unspecified atom stereocenters. The van der Waals surface area contributed by atoms with Crippen LogP contribution in [0.4, 0.5) is 11.4 Å². The summed E-state index contributed by atoms with van der Waals surface area (Å²) in [6.07, 6.45) is 3.58. The SMILES string of the molecule is Cc1cccc([N+](=O)[O-])c1N1CCOC(Cn2cccn2)C1. The lowest BCUT2D eigenvalue weighted by Gasteiger charge is -2.34. The van der Waals surface area contributed by atoms with Crippen LogP contribution in [-0.2, 0) is 11.3 Å². The van der Waals surface area contributed by atoms with E-state index in [0.717, 1.165) is 5.56 Å². The lowest BCUT2D eigenvalue weighted by molar-refractivity contribution is -0.384. The minimum absolute atomic E-state index is 0.0344. The molecule has 1 aromatic heterocycles. The minimum Gasteiger partial charge on any atom is -0.373 e. The number of morpholine rings is 1. The van der Waals surface area contributed by atoms with Gasteiger partial charge in [-0.15, -0.1) is 0 Å². The zero-order valence-electron chi connectivity index (χ0n) is 12.4. The van der Waals surface area contributed by atoms with Gasteiger partial charge >= 0.3 is 0 Å². The quantitative estimate of drug-likeness (QED) is 0.638. The van der Waals surface area contributed by atoms with Gasteiger partial charge in [0.25, 0.3) is 5.69 Å².